The van der Waals surface area contributed by atoms with E-state index in [4.69, 9.17) is 10.5 Å². The number of hydrogen-bond acceptors (Lipinski definition) is 9. The van der Waals surface area contributed by atoms with Crippen molar-refractivity contribution < 1.29 is 39.2 Å². The Kier molecular flexibility index (Phi) is 7.06. The van der Waals surface area contributed by atoms with Crippen LogP contribution in [0.2, 0.25) is 0 Å². The van der Waals surface area contributed by atoms with Crippen molar-refractivity contribution in [3.8, 4) is 11.5 Å². The average molecular weight is 551 g/mol. The fourth-order valence-corrected chi connectivity index (χ4v) is 7.23. The molecule has 7 atom stereocenters. The van der Waals surface area contributed by atoms with E-state index in [1.807, 2.05) is 24.3 Å². The Morgan fingerprint density at radius 2 is 1.85 bits per heavy atom. The number of aromatic hydroxyl groups is 1. The number of ether oxygens (including phenoxy) is 1. The van der Waals surface area contributed by atoms with E-state index in [1.165, 1.54) is 6.07 Å². The highest BCUT2D eigenvalue weighted by atomic mass is 16.5. The molecule has 0 aromatic heterocycles. The van der Waals surface area contributed by atoms with Crippen molar-refractivity contribution >= 4 is 23.3 Å². The highest BCUT2D eigenvalue weighted by molar-refractivity contribution is 6.25. The predicted octanol–water partition coefficient (Wildman–Crippen LogP) is 0.453. The van der Waals surface area contributed by atoms with Gasteiger partial charge in [-0.25, -0.2) is 0 Å². The van der Waals surface area contributed by atoms with Gasteiger partial charge in [0.25, 0.3) is 0 Å². The summed E-state index contributed by atoms with van der Waals surface area (Å²) < 4.78 is 5.31. The third-order valence-corrected chi connectivity index (χ3v) is 9.09. The lowest BCUT2D eigenvalue weighted by molar-refractivity contribution is -0.190. The van der Waals surface area contributed by atoms with Gasteiger partial charge in [-0.15, -0.1) is 0 Å². The largest absolute Gasteiger partial charge is 0.507 e. The highest BCUT2D eigenvalue weighted by Crippen LogP contribution is 2.51. The van der Waals surface area contributed by atoms with Gasteiger partial charge in [0.15, 0.2) is 23.0 Å². The summed E-state index contributed by atoms with van der Waals surface area (Å²) >= 11 is 0. The summed E-state index contributed by atoms with van der Waals surface area (Å²) in [6, 6.07) is 9.92. The molecule has 1 amide bonds. The number of rotatable bonds is 6. The Bertz CT molecular complexity index is 1400. The monoisotopic (exact) mass is 550 g/mol. The van der Waals surface area contributed by atoms with Gasteiger partial charge in [0.05, 0.1) is 24.7 Å². The van der Waals surface area contributed by atoms with E-state index in [0.717, 1.165) is 16.9 Å². The molecule has 2 fully saturated rings. The van der Waals surface area contributed by atoms with Gasteiger partial charge in [-0.1, -0.05) is 18.2 Å². The molecule has 0 heterocycles. The number of carbonyl (C=O) groups is 4. The molecular weight excluding hydrogens is 516 g/mol. The lowest BCUT2D eigenvalue weighted by Crippen LogP contribution is -2.75. The molecule has 5 unspecified atom stereocenters. The Labute approximate surface area is 231 Å². The van der Waals surface area contributed by atoms with Gasteiger partial charge in [0.1, 0.15) is 17.4 Å². The molecule has 2 aromatic carbocycles. The minimum Gasteiger partial charge on any atom is -0.507 e. The fraction of sp³-hybridized carbons (Fsp3) is 0.467. The molecule has 212 valence electrons. The number of nitrogens with two attached hydrogens (primary N) is 1. The van der Waals surface area contributed by atoms with Crippen LogP contribution in [0.4, 0.5) is 0 Å². The number of fused-ring (bicyclic) bond motifs is 3. The number of amides is 1. The van der Waals surface area contributed by atoms with Crippen LogP contribution in [0.15, 0.2) is 36.4 Å². The molecule has 3 aliphatic rings. The van der Waals surface area contributed by atoms with Crippen LogP contribution in [0, 0.1) is 23.7 Å². The predicted molar refractivity (Wildman–Crippen MR) is 143 cm³/mol. The Hall–Kier alpha value is -3.60. The first kappa shape index (κ1) is 27.9. The van der Waals surface area contributed by atoms with Crippen molar-refractivity contribution in [2.45, 2.75) is 43.4 Å². The summed E-state index contributed by atoms with van der Waals surface area (Å²) in [5.41, 5.74) is 5.31. The van der Waals surface area contributed by atoms with Crippen LogP contribution in [-0.2, 0) is 33.6 Å². The second-order valence-corrected chi connectivity index (χ2v) is 11.4. The number of hydrogen-bond donors (Lipinski definition) is 4. The average Bonchev–Trinajstić information content (AvgIpc) is 2.90. The maximum atomic E-state index is 13.9. The van der Waals surface area contributed by atoms with Gasteiger partial charge >= 0.3 is 0 Å². The van der Waals surface area contributed by atoms with E-state index in [0.29, 0.717) is 18.4 Å². The third-order valence-electron chi connectivity index (χ3n) is 9.09. The van der Waals surface area contributed by atoms with Gasteiger partial charge in [-0.3, -0.25) is 19.2 Å². The zero-order valence-corrected chi connectivity index (χ0v) is 22.7. The summed E-state index contributed by atoms with van der Waals surface area (Å²) in [5.74, 6) is -8.30. The molecular formula is C30H34N2O8. The number of benzene rings is 2. The van der Waals surface area contributed by atoms with Crippen molar-refractivity contribution in [3.05, 3.63) is 58.7 Å². The number of carbonyl (C=O) groups excluding carboxylic acids is 4. The summed E-state index contributed by atoms with van der Waals surface area (Å²) in [6.07, 6.45) is 0.0503. The van der Waals surface area contributed by atoms with Gasteiger partial charge in [-0.2, -0.15) is 0 Å². The maximum Gasteiger partial charge on any atom is 0.230 e. The minimum atomic E-state index is -2.66. The third kappa shape index (κ3) is 4.13. The molecule has 2 aromatic rings. The minimum absolute atomic E-state index is 0.0266. The number of aryl methyl sites for hydroxylation is 2. The maximum absolute atomic E-state index is 13.9. The number of Topliss-reactive ketones (excluding diaryl/α,β-unsaturated/α-hetero) is 3. The zero-order valence-electron chi connectivity index (χ0n) is 22.7. The molecule has 10 nitrogen and oxygen atoms in total. The van der Waals surface area contributed by atoms with Crippen molar-refractivity contribution in [2.75, 3.05) is 21.2 Å². The molecule has 10 heteroatoms. The van der Waals surface area contributed by atoms with Crippen molar-refractivity contribution in [2.24, 2.45) is 29.4 Å². The number of ketones is 3. The molecule has 0 aliphatic heterocycles. The zero-order chi connectivity index (χ0) is 29.1. The first-order valence-corrected chi connectivity index (χ1v) is 13.4. The smallest absolute Gasteiger partial charge is 0.230 e. The quantitative estimate of drug-likeness (QED) is 0.373. The first-order chi connectivity index (χ1) is 18.9. The number of aliphatic hydroxyl groups is 2. The van der Waals surface area contributed by atoms with Crippen LogP contribution < -0.4 is 10.5 Å². The van der Waals surface area contributed by atoms with E-state index in [2.05, 4.69) is 0 Å². The molecule has 0 saturated heterocycles. The Balaban J connectivity index is 1.53. The van der Waals surface area contributed by atoms with Crippen LogP contribution in [0.3, 0.4) is 0 Å². The second kappa shape index (κ2) is 10.1. The number of aliphatic hydroxyl groups excluding tert-OH is 1. The molecule has 2 saturated carbocycles. The molecule has 5 rings (SSSR count). The molecule has 5 N–H and O–H groups in total. The first-order valence-electron chi connectivity index (χ1n) is 13.4. The van der Waals surface area contributed by atoms with Crippen LogP contribution in [0.25, 0.3) is 0 Å². The Morgan fingerprint density at radius 3 is 2.50 bits per heavy atom. The van der Waals surface area contributed by atoms with Crippen LogP contribution in [0.5, 0.6) is 11.5 Å². The summed E-state index contributed by atoms with van der Waals surface area (Å²) in [6.45, 7) is 0. The summed E-state index contributed by atoms with van der Waals surface area (Å²) in [5, 5.41) is 33.4. The van der Waals surface area contributed by atoms with E-state index in [-0.39, 0.29) is 24.2 Å². The number of primary amides is 1. The van der Waals surface area contributed by atoms with Crippen LogP contribution in [0.1, 0.15) is 33.5 Å². The lowest BCUT2D eigenvalue weighted by Gasteiger charge is -2.54. The number of methoxy groups -OCH3 is 1. The van der Waals surface area contributed by atoms with Gasteiger partial charge in [0.2, 0.25) is 5.91 Å². The fourth-order valence-electron chi connectivity index (χ4n) is 7.23. The van der Waals surface area contributed by atoms with Crippen molar-refractivity contribution in [1.29, 1.82) is 0 Å². The number of phenols is 1. The standard InChI is InChI=1S/C30H34N2O8/c1-32(2)24-19-13-16-12-18-15(8-7-14-5-4-6-17(11-14)40-3)9-10-20(33)22(18)25(34)21(16)27(36)30(19,39)28(37)23(26(24)35)29(31)38/h4-6,9-11,16,19,21,23-24,26,33,35,39H,7-8,12-13H2,1-3H3,(H2,31,38)/t16?,19?,21?,23?,24-,26?,30-/m0/s1. The number of nitrogens with zero attached hydrogens (tertiary/aromatic N) is 1. The number of phenolic OH excluding ortho intramolecular Hbond substituents is 1. The molecule has 3 aliphatic carbocycles. The van der Waals surface area contributed by atoms with E-state index in [9.17, 15) is 34.5 Å². The van der Waals surface area contributed by atoms with Gasteiger partial charge in [0, 0.05) is 12.0 Å². The van der Waals surface area contributed by atoms with Gasteiger partial charge in [-0.05, 0) is 80.6 Å². The van der Waals surface area contributed by atoms with E-state index < -0.39 is 64.7 Å². The molecule has 0 bridgehead atoms. The molecule has 0 spiro atoms. The molecule has 40 heavy (non-hydrogen) atoms. The van der Waals surface area contributed by atoms with E-state index in [1.54, 1.807) is 32.2 Å². The lowest BCUT2D eigenvalue weighted by atomic mass is 9.52. The topological polar surface area (TPSA) is 167 Å². The highest BCUT2D eigenvalue weighted by Gasteiger charge is 2.69. The number of likely N-dealkylation sites (N-methyl/N-ethyl adjacent to an activating group) is 1. The molecule has 0 radical (unpaired) electrons. The van der Waals surface area contributed by atoms with Crippen molar-refractivity contribution in [3.63, 3.8) is 0 Å². The van der Waals surface area contributed by atoms with Crippen LogP contribution in [-0.4, -0.2) is 82.4 Å². The van der Waals surface area contributed by atoms with Crippen LogP contribution >= 0.6 is 0 Å². The normalized spacial score (nSPS) is 31.4. The SMILES string of the molecule is COc1cccc(CCc2ccc(O)c3c2CC2CC4[C@H](N(C)C)C(O)C(C(N)=O)C(=O)[C@@]4(O)C(=O)C2C3=O)c1. The van der Waals surface area contributed by atoms with Gasteiger partial charge < -0.3 is 30.7 Å². The van der Waals surface area contributed by atoms with E-state index >= 15 is 0 Å². The second-order valence-electron chi connectivity index (χ2n) is 11.4. The van der Waals surface area contributed by atoms with Crippen molar-refractivity contribution in [1.82, 2.24) is 4.90 Å². The summed E-state index contributed by atoms with van der Waals surface area (Å²) in [4.78, 5) is 54.9. The Morgan fingerprint density at radius 1 is 1.12 bits per heavy atom. The summed E-state index contributed by atoms with van der Waals surface area (Å²) in [7, 11) is 4.83.